The minimum Gasteiger partial charge on any atom is -0.354 e. The molecule has 1 aliphatic carbocycles. The first-order valence-electron chi connectivity index (χ1n) is 6.72. The molecule has 0 radical (unpaired) electrons. The van der Waals surface area contributed by atoms with Crippen LogP contribution in [-0.4, -0.2) is 50.1 Å². The number of rotatable bonds is 8. The maximum absolute atomic E-state index is 11.9. The summed E-state index contributed by atoms with van der Waals surface area (Å²) in [7, 11) is -3.15. The van der Waals surface area contributed by atoms with Gasteiger partial charge in [-0.3, -0.25) is 4.79 Å². The molecule has 0 aromatic carbocycles. The third kappa shape index (κ3) is 4.74. The highest BCUT2D eigenvalue weighted by atomic mass is 32.2. The monoisotopic (exact) mass is 291 g/mol. The molecule has 0 bridgehead atoms. The number of hydrogen-bond donors (Lipinski definition) is 2. The quantitative estimate of drug-likeness (QED) is 0.611. The molecule has 0 aromatic heterocycles. The van der Waals surface area contributed by atoms with E-state index in [2.05, 4.69) is 5.32 Å². The van der Waals surface area contributed by atoms with E-state index in [9.17, 15) is 13.2 Å². The highest BCUT2D eigenvalue weighted by Gasteiger charge is 2.43. The van der Waals surface area contributed by atoms with E-state index in [4.69, 9.17) is 5.73 Å². The third-order valence-corrected chi connectivity index (χ3v) is 4.99. The largest absolute Gasteiger partial charge is 0.354 e. The van der Waals surface area contributed by atoms with E-state index in [0.29, 0.717) is 26.1 Å². The predicted octanol–water partition coefficient (Wildman–Crippen LogP) is -0.0984. The highest BCUT2D eigenvalue weighted by molar-refractivity contribution is 7.88. The Bertz CT molecular complexity index is 416. The Morgan fingerprint density at radius 2 is 2.05 bits per heavy atom. The Hall–Kier alpha value is -0.660. The van der Waals surface area contributed by atoms with Crippen molar-refractivity contribution in [1.29, 1.82) is 0 Å². The minimum absolute atomic E-state index is 0.141. The zero-order valence-corrected chi connectivity index (χ0v) is 12.8. The Morgan fingerprint density at radius 1 is 1.47 bits per heavy atom. The van der Waals surface area contributed by atoms with E-state index in [1.54, 1.807) is 13.8 Å². The van der Waals surface area contributed by atoms with Crippen LogP contribution in [0.3, 0.4) is 0 Å². The second-order valence-corrected chi connectivity index (χ2v) is 7.40. The maximum Gasteiger partial charge on any atom is 0.240 e. The molecule has 6 nitrogen and oxygen atoms in total. The van der Waals surface area contributed by atoms with Crippen molar-refractivity contribution in [1.82, 2.24) is 9.62 Å². The lowest BCUT2D eigenvalue weighted by Gasteiger charge is -2.23. The van der Waals surface area contributed by atoms with Crippen LogP contribution in [0, 0.1) is 5.92 Å². The minimum atomic E-state index is -3.15. The molecule has 19 heavy (non-hydrogen) atoms. The van der Waals surface area contributed by atoms with Gasteiger partial charge in [0.1, 0.15) is 0 Å². The van der Waals surface area contributed by atoms with Crippen LogP contribution in [0.5, 0.6) is 0 Å². The number of nitrogens with one attached hydrogen (secondary N) is 1. The van der Waals surface area contributed by atoms with Gasteiger partial charge < -0.3 is 11.1 Å². The van der Waals surface area contributed by atoms with Crippen molar-refractivity contribution in [2.45, 2.75) is 38.6 Å². The molecule has 1 fully saturated rings. The average Bonchev–Trinajstić information content (AvgIpc) is 3.10. The van der Waals surface area contributed by atoms with Gasteiger partial charge in [0, 0.05) is 19.6 Å². The lowest BCUT2D eigenvalue weighted by atomic mass is 9.96. The van der Waals surface area contributed by atoms with E-state index in [0.717, 1.165) is 12.8 Å². The van der Waals surface area contributed by atoms with Gasteiger partial charge in [0.05, 0.1) is 11.8 Å². The summed E-state index contributed by atoms with van der Waals surface area (Å²) in [6.45, 7) is 4.87. The number of nitrogens with zero attached hydrogens (tertiary/aromatic N) is 1. The molecule has 7 heteroatoms. The molecule has 1 atom stereocenters. The molecular formula is C12H25N3O3S. The normalized spacial score (nSPS) is 19.2. The molecule has 0 aromatic rings. The first-order valence-corrected chi connectivity index (χ1v) is 8.56. The summed E-state index contributed by atoms with van der Waals surface area (Å²) < 4.78 is 24.1. The van der Waals surface area contributed by atoms with Crippen LogP contribution in [0.2, 0.25) is 0 Å². The molecule has 1 aliphatic rings. The molecule has 112 valence electrons. The smallest absolute Gasteiger partial charge is 0.240 e. The summed E-state index contributed by atoms with van der Waals surface area (Å²) in [6, 6.07) is 0. The van der Waals surface area contributed by atoms with Crippen molar-refractivity contribution < 1.29 is 13.2 Å². The van der Waals surface area contributed by atoms with Crippen molar-refractivity contribution >= 4 is 15.9 Å². The van der Waals surface area contributed by atoms with Crippen LogP contribution in [0.4, 0.5) is 0 Å². The number of amides is 1. The number of nitrogens with two attached hydrogens (primary N) is 1. The number of hydrogen-bond acceptors (Lipinski definition) is 4. The first kappa shape index (κ1) is 16.4. The van der Waals surface area contributed by atoms with Gasteiger partial charge in [-0.25, -0.2) is 12.7 Å². The zero-order chi connectivity index (χ0) is 14.7. The fourth-order valence-corrected chi connectivity index (χ4v) is 3.00. The van der Waals surface area contributed by atoms with Crippen molar-refractivity contribution in [3.8, 4) is 0 Å². The van der Waals surface area contributed by atoms with Crippen LogP contribution >= 0.6 is 0 Å². The molecule has 0 saturated heterocycles. The lowest BCUT2D eigenvalue weighted by molar-refractivity contribution is -0.126. The van der Waals surface area contributed by atoms with Crippen molar-refractivity contribution in [3.05, 3.63) is 0 Å². The summed E-state index contributed by atoms with van der Waals surface area (Å²) in [5, 5.41) is 2.79. The van der Waals surface area contributed by atoms with Crippen molar-refractivity contribution in [2.24, 2.45) is 11.7 Å². The molecule has 0 spiro atoms. The average molecular weight is 291 g/mol. The molecule has 0 heterocycles. The second kappa shape index (κ2) is 6.19. The molecule has 3 N–H and O–H groups in total. The van der Waals surface area contributed by atoms with Crippen LogP contribution in [-0.2, 0) is 14.8 Å². The molecule has 1 rings (SSSR count). The molecule has 1 unspecified atom stereocenters. The van der Waals surface area contributed by atoms with Gasteiger partial charge in [0.15, 0.2) is 0 Å². The second-order valence-electron chi connectivity index (χ2n) is 5.42. The maximum atomic E-state index is 11.9. The predicted molar refractivity (Wildman–Crippen MR) is 75.0 cm³/mol. The highest BCUT2D eigenvalue weighted by Crippen LogP contribution is 2.38. The van der Waals surface area contributed by atoms with E-state index < -0.39 is 15.6 Å². The lowest BCUT2D eigenvalue weighted by Crippen LogP contribution is -2.53. The van der Waals surface area contributed by atoms with Gasteiger partial charge in [0.25, 0.3) is 0 Å². The van der Waals surface area contributed by atoms with Crippen LogP contribution < -0.4 is 11.1 Å². The fraction of sp³-hybridized carbons (Fsp3) is 0.917. The van der Waals surface area contributed by atoms with Crippen LogP contribution in [0.25, 0.3) is 0 Å². The zero-order valence-electron chi connectivity index (χ0n) is 12.0. The van der Waals surface area contributed by atoms with E-state index in [-0.39, 0.29) is 11.8 Å². The van der Waals surface area contributed by atoms with Gasteiger partial charge in [-0.1, -0.05) is 6.92 Å². The van der Waals surface area contributed by atoms with Gasteiger partial charge in [-0.15, -0.1) is 0 Å². The fourth-order valence-electron chi connectivity index (χ4n) is 2.07. The van der Waals surface area contributed by atoms with E-state index >= 15 is 0 Å². The van der Waals surface area contributed by atoms with Gasteiger partial charge in [-0.05, 0) is 32.1 Å². The van der Waals surface area contributed by atoms with Gasteiger partial charge in [0.2, 0.25) is 15.9 Å². The third-order valence-electron chi connectivity index (χ3n) is 3.61. The summed E-state index contributed by atoms with van der Waals surface area (Å²) in [5.74, 6) is 0.146. The van der Waals surface area contributed by atoms with Crippen LogP contribution in [0.15, 0.2) is 0 Å². The van der Waals surface area contributed by atoms with Crippen LogP contribution in [0.1, 0.15) is 33.1 Å². The molecule has 1 amide bonds. The van der Waals surface area contributed by atoms with Crippen molar-refractivity contribution in [3.63, 3.8) is 0 Å². The van der Waals surface area contributed by atoms with E-state index in [1.165, 1.54) is 10.6 Å². The van der Waals surface area contributed by atoms with E-state index in [1.807, 2.05) is 0 Å². The Balaban J connectivity index is 2.29. The topological polar surface area (TPSA) is 92.5 Å². The SMILES string of the molecule is CCN(CCCNC(=O)C(C)(N)C1CC1)S(C)(=O)=O. The van der Waals surface area contributed by atoms with Crippen molar-refractivity contribution in [2.75, 3.05) is 25.9 Å². The molecular weight excluding hydrogens is 266 g/mol. The van der Waals surface area contributed by atoms with Gasteiger partial charge >= 0.3 is 0 Å². The summed E-state index contributed by atoms with van der Waals surface area (Å²) in [4.78, 5) is 11.9. The first-order chi connectivity index (χ1) is 8.69. The standard InChI is InChI=1S/C12H25N3O3S/c1-4-15(19(3,17)18)9-5-8-14-11(16)12(2,13)10-6-7-10/h10H,4-9,13H2,1-3H3,(H,14,16). The summed E-state index contributed by atoms with van der Waals surface area (Å²) >= 11 is 0. The summed E-state index contributed by atoms with van der Waals surface area (Å²) in [5.41, 5.74) is 5.19. The number of carbonyl (C=O) groups is 1. The van der Waals surface area contributed by atoms with Gasteiger partial charge in [-0.2, -0.15) is 0 Å². The Morgan fingerprint density at radius 3 is 2.47 bits per heavy atom. The number of sulfonamides is 1. The Kier molecular flexibility index (Phi) is 5.34. The molecule has 1 saturated carbocycles. The Labute approximate surface area is 115 Å². The number of carbonyl (C=O) groups excluding carboxylic acids is 1. The summed E-state index contributed by atoms with van der Waals surface area (Å²) in [6.07, 6.45) is 3.81. The molecule has 0 aliphatic heterocycles.